The molecule has 0 saturated heterocycles. The highest BCUT2D eigenvalue weighted by Gasteiger charge is 2.08. The smallest absolute Gasteiger partial charge is 0.255 e. The van der Waals surface area contributed by atoms with Crippen LogP contribution < -0.4 is 10.6 Å². The van der Waals surface area contributed by atoms with Gasteiger partial charge in [0.15, 0.2) is 0 Å². The zero-order valence-corrected chi connectivity index (χ0v) is 12.6. The molecule has 0 saturated carbocycles. The van der Waals surface area contributed by atoms with Crippen molar-refractivity contribution >= 4 is 11.6 Å². The summed E-state index contributed by atoms with van der Waals surface area (Å²) < 4.78 is 0. The summed E-state index contributed by atoms with van der Waals surface area (Å²) in [5.74, 6) is -0.0649. The van der Waals surface area contributed by atoms with Gasteiger partial charge in [-0.2, -0.15) is 0 Å². The first-order valence-electron chi connectivity index (χ1n) is 7.37. The van der Waals surface area contributed by atoms with Crippen LogP contribution in [0, 0.1) is 6.92 Å². The van der Waals surface area contributed by atoms with Gasteiger partial charge in [0.2, 0.25) is 0 Å². The molecule has 2 N–H and O–H groups in total. The third kappa shape index (κ3) is 4.43. The van der Waals surface area contributed by atoms with Gasteiger partial charge in [0.25, 0.3) is 5.91 Å². The lowest BCUT2D eigenvalue weighted by Gasteiger charge is -2.09. The van der Waals surface area contributed by atoms with Crippen molar-refractivity contribution in [1.82, 2.24) is 5.32 Å². The van der Waals surface area contributed by atoms with E-state index < -0.39 is 0 Å². The molecule has 1 amide bonds. The van der Waals surface area contributed by atoms with Gasteiger partial charge in [-0.1, -0.05) is 37.3 Å². The lowest BCUT2D eigenvalue weighted by atomic mass is 10.1. The molecule has 3 heteroatoms. The van der Waals surface area contributed by atoms with Crippen LogP contribution in [0.3, 0.4) is 0 Å². The van der Waals surface area contributed by atoms with Crippen molar-refractivity contribution in [3.05, 3.63) is 65.2 Å². The van der Waals surface area contributed by atoms with E-state index in [0.29, 0.717) is 5.56 Å². The SMILES string of the molecule is CCCNCc1ccc(NC(=O)c2ccccc2C)cc1. The third-order valence-electron chi connectivity index (χ3n) is 3.36. The first-order chi connectivity index (χ1) is 10.2. The second-order valence-corrected chi connectivity index (χ2v) is 5.14. The zero-order valence-electron chi connectivity index (χ0n) is 12.6. The molecule has 0 spiro atoms. The van der Waals surface area contributed by atoms with Crippen LogP contribution in [0.2, 0.25) is 0 Å². The van der Waals surface area contributed by atoms with E-state index in [1.54, 1.807) is 0 Å². The second kappa shape index (κ2) is 7.60. The first kappa shape index (κ1) is 15.3. The van der Waals surface area contributed by atoms with Gasteiger partial charge in [-0.05, 0) is 49.2 Å². The Morgan fingerprint density at radius 2 is 1.76 bits per heavy atom. The van der Waals surface area contributed by atoms with Crippen molar-refractivity contribution in [2.24, 2.45) is 0 Å². The highest BCUT2D eigenvalue weighted by Crippen LogP contribution is 2.13. The molecule has 0 aliphatic carbocycles. The average molecular weight is 282 g/mol. The predicted molar refractivity (Wildman–Crippen MR) is 87.6 cm³/mol. The minimum Gasteiger partial charge on any atom is -0.322 e. The van der Waals surface area contributed by atoms with E-state index in [1.165, 1.54) is 5.56 Å². The lowest BCUT2D eigenvalue weighted by molar-refractivity contribution is 0.102. The molecule has 0 fully saturated rings. The molecule has 0 aliphatic heterocycles. The molecular weight excluding hydrogens is 260 g/mol. The maximum Gasteiger partial charge on any atom is 0.255 e. The van der Waals surface area contributed by atoms with Gasteiger partial charge in [0.05, 0.1) is 0 Å². The van der Waals surface area contributed by atoms with Crippen molar-refractivity contribution in [2.45, 2.75) is 26.8 Å². The Morgan fingerprint density at radius 3 is 2.43 bits per heavy atom. The van der Waals surface area contributed by atoms with Crippen molar-refractivity contribution in [1.29, 1.82) is 0 Å². The molecule has 2 aromatic rings. The zero-order chi connectivity index (χ0) is 15.1. The molecule has 2 rings (SSSR count). The first-order valence-corrected chi connectivity index (χ1v) is 7.37. The van der Waals surface area contributed by atoms with Gasteiger partial charge >= 0.3 is 0 Å². The summed E-state index contributed by atoms with van der Waals surface area (Å²) in [6, 6.07) is 15.6. The van der Waals surface area contributed by atoms with E-state index in [4.69, 9.17) is 0 Å². The quantitative estimate of drug-likeness (QED) is 0.792. The highest BCUT2D eigenvalue weighted by atomic mass is 16.1. The van der Waals surface area contributed by atoms with Crippen LogP contribution in [0.15, 0.2) is 48.5 Å². The van der Waals surface area contributed by atoms with E-state index in [1.807, 2.05) is 55.5 Å². The Kier molecular flexibility index (Phi) is 5.52. The van der Waals surface area contributed by atoms with Crippen molar-refractivity contribution < 1.29 is 4.79 Å². The standard InChI is InChI=1S/C18H22N2O/c1-3-12-19-13-15-8-10-16(11-9-15)20-18(21)17-7-5-4-6-14(17)2/h4-11,19H,3,12-13H2,1-2H3,(H,20,21). The molecule has 2 aromatic carbocycles. The summed E-state index contributed by atoms with van der Waals surface area (Å²) in [6.07, 6.45) is 1.13. The lowest BCUT2D eigenvalue weighted by Crippen LogP contribution is -2.14. The summed E-state index contributed by atoms with van der Waals surface area (Å²) in [5, 5.41) is 6.29. The molecule has 21 heavy (non-hydrogen) atoms. The van der Waals surface area contributed by atoms with E-state index in [2.05, 4.69) is 17.6 Å². The predicted octanol–water partition coefficient (Wildman–Crippen LogP) is 3.75. The summed E-state index contributed by atoms with van der Waals surface area (Å²) in [6.45, 7) is 5.97. The van der Waals surface area contributed by atoms with Gasteiger partial charge in [-0.25, -0.2) is 0 Å². The summed E-state index contributed by atoms with van der Waals surface area (Å²) >= 11 is 0. The Balaban J connectivity index is 1.97. The maximum atomic E-state index is 12.2. The molecule has 0 radical (unpaired) electrons. The van der Waals surface area contributed by atoms with Gasteiger partial charge in [-0.3, -0.25) is 4.79 Å². The van der Waals surface area contributed by atoms with E-state index in [9.17, 15) is 4.79 Å². The number of rotatable bonds is 6. The number of amides is 1. The third-order valence-corrected chi connectivity index (χ3v) is 3.36. The van der Waals surface area contributed by atoms with E-state index in [-0.39, 0.29) is 5.91 Å². The molecule has 3 nitrogen and oxygen atoms in total. The van der Waals surface area contributed by atoms with Crippen LogP contribution >= 0.6 is 0 Å². The van der Waals surface area contributed by atoms with Crippen LogP contribution in [-0.4, -0.2) is 12.5 Å². The number of aryl methyl sites for hydroxylation is 1. The van der Waals surface area contributed by atoms with Gasteiger partial charge in [0, 0.05) is 17.8 Å². The number of carbonyl (C=O) groups is 1. The molecule has 0 aliphatic rings. The van der Waals surface area contributed by atoms with Crippen LogP contribution in [0.1, 0.15) is 34.8 Å². The maximum absolute atomic E-state index is 12.2. The Hall–Kier alpha value is -2.13. The second-order valence-electron chi connectivity index (χ2n) is 5.14. The monoisotopic (exact) mass is 282 g/mol. The fourth-order valence-corrected chi connectivity index (χ4v) is 2.14. The number of carbonyl (C=O) groups excluding carboxylic acids is 1. The summed E-state index contributed by atoms with van der Waals surface area (Å²) in [4.78, 5) is 12.2. The van der Waals surface area contributed by atoms with Crippen LogP contribution in [-0.2, 0) is 6.54 Å². The average Bonchev–Trinajstić information content (AvgIpc) is 2.49. The topological polar surface area (TPSA) is 41.1 Å². The number of anilines is 1. The van der Waals surface area contributed by atoms with Crippen molar-refractivity contribution in [2.75, 3.05) is 11.9 Å². The van der Waals surface area contributed by atoms with Gasteiger partial charge in [-0.15, -0.1) is 0 Å². The van der Waals surface area contributed by atoms with Crippen molar-refractivity contribution in [3.8, 4) is 0 Å². The van der Waals surface area contributed by atoms with Crippen LogP contribution in [0.25, 0.3) is 0 Å². The largest absolute Gasteiger partial charge is 0.322 e. The van der Waals surface area contributed by atoms with Crippen molar-refractivity contribution in [3.63, 3.8) is 0 Å². The van der Waals surface area contributed by atoms with Crippen LogP contribution in [0.4, 0.5) is 5.69 Å². The molecule has 110 valence electrons. The minimum absolute atomic E-state index is 0.0649. The van der Waals surface area contributed by atoms with Gasteiger partial charge in [0.1, 0.15) is 0 Å². The van der Waals surface area contributed by atoms with E-state index >= 15 is 0 Å². The Morgan fingerprint density at radius 1 is 1.05 bits per heavy atom. The van der Waals surface area contributed by atoms with E-state index in [0.717, 1.165) is 30.8 Å². The molecule has 0 aromatic heterocycles. The highest BCUT2D eigenvalue weighted by molar-refractivity contribution is 6.05. The molecule has 0 heterocycles. The molecule has 0 atom stereocenters. The number of hydrogen-bond acceptors (Lipinski definition) is 2. The minimum atomic E-state index is -0.0649. The number of nitrogens with one attached hydrogen (secondary N) is 2. The molecule has 0 unspecified atom stereocenters. The fourth-order valence-electron chi connectivity index (χ4n) is 2.14. The number of hydrogen-bond donors (Lipinski definition) is 2. The molecular formula is C18H22N2O. The Labute approximate surface area is 126 Å². The summed E-state index contributed by atoms with van der Waals surface area (Å²) in [7, 11) is 0. The fraction of sp³-hybridized carbons (Fsp3) is 0.278. The van der Waals surface area contributed by atoms with Gasteiger partial charge < -0.3 is 10.6 Å². The molecule has 0 bridgehead atoms. The Bertz CT molecular complexity index is 590. The van der Waals surface area contributed by atoms with Crippen LogP contribution in [0.5, 0.6) is 0 Å². The number of benzene rings is 2. The normalized spacial score (nSPS) is 10.4. The summed E-state index contributed by atoms with van der Waals surface area (Å²) in [5.41, 5.74) is 3.74.